The third-order valence-electron chi connectivity index (χ3n) is 3.82. The Hall–Kier alpha value is -2.51. The fourth-order valence-electron chi connectivity index (χ4n) is 2.81. The molecule has 2 aromatic carbocycles. The predicted molar refractivity (Wildman–Crippen MR) is 81.5 cm³/mol. The van der Waals surface area contributed by atoms with Gasteiger partial charge in [-0.3, -0.25) is 4.90 Å². The van der Waals surface area contributed by atoms with E-state index in [0.29, 0.717) is 5.56 Å². The molecule has 0 aromatic heterocycles. The number of nitrogens with two attached hydrogens (primary N) is 1. The van der Waals surface area contributed by atoms with Crippen LogP contribution in [0.5, 0.6) is 5.75 Å². The van der Waals surface area contributed by atoms with Crippen molar-refractivity contribution in [2.75, 3.05) is 12.8 Å². The highest BCUT2D eigenvalue weighted by Gasteiger charge is 2.20. The minimum Gasteiger partial charge on any atom is -0.496 e. The van der Waals surface area contributed by atoms with E-state index >= 15 is 0 Å². The van der Waals surface area contributed by atoms with Crippen LogP contribution in [-0.2, 0) is 19.6 Å². The SMILES string of the molecule is COc1ccc(C#N)cc1CN1Cc2ccc(N)cc2C1. The van der Waals surface area contributed by atoms with Crippen molar-refractivity contribution in [2.45, 2.75) is 19.6 Å². The fourth-order valence-corrected chi connectivity index (χ4v) is 2.81. The summed E-state index contributed by atoms with van der Waals surface area (Å²) in [5.41, 5.74) is 10.9. The molecule has 21 heavy (non-hydrogen) atoms. The van der Waals surface area contributed by atoms with Gasteiger partial charge in [-0.05, 0) is 41.5 Å². The number of anilines is 1. The van der Waals surface area contributed by atoms with E-state index in [4.69, 9.17) is 15.7 Å². The third-order valence-corrected chi connectivity index (χ3v) is 3.82. The lowest BCUT2D eigenvalue weighted by Crippen LogP contribution is -2.16. The first kappa shape index (κ1) is 13.5. The van der Waals surface area contributed by atoms with E-state index in [1.54, 1.807) is 13.2 Å². The predicted octanol–water partition coefficient (Wildman–Crippen LogP) is 2.66. The van der Waals surface area contributed by atoms with Crippen LogP contribution in [0.2, 0.25) is 0 Å². The highest BCUT2D eigenvalue weighted by molar-refractivity contribution is 5.46. The van der Waals surface area contributed by atoms with E-state index in [9.17, 15) is 0 Å². The number of ether oxygens (including phenoxy) is 1. The molecule has 0 amide bonds. The normalized spacial score (nSPS) is 13.7. The van der Waals surface area contributed by atoms with Crippen molar-refractivity contribution in [1.29, 1.82) is 5.26 Å². The molecule has 0 atom stereocenters. The lowest BCUT2D eigenvalue weighted by molar-refractivity contribution is 0.270. The summed E-state index contributed by atoms with van der Waals surface area (Å²) < 4.78 is 5.40. The number of hydrogen-bond acceptors (Lipinski definition) is 4. The maximum absolute atomic E-state index is 9.04. The summed E-state index contributed by atoms with van der Waals surface area (Å²) in [5.74, 6) is 0.824. The molecule has 0 unspecified atom stereocenters. The minimum atomic E-state index is 0.659. The van der Waals surface area contributed by atoms with Gasteiger partial charge in [-0.2, -0.15) is 5.26 Å². The zero-order valence-electron chi connectivity index (χ0n) is 12.0. The van der Waals surface area contributed by atoms with Gasteiger partial charge in [0, 0.05) is 30.9 Å². The molecule has 2 aromatic rings. The average molecular weight is 279 g/mol. The van der Waals surface area contributed by atoms with Gasteiger partial charge in [0.25, 0.3) is 0 Å². The van der Waals surface area contributed by atoms with Gasteiger partial charge in [0.1, 0.15) is 5.75 Å². The molecule has 0 saturated carbocycles. The molecule has 0 aliphatic carbocycles. The first-order valence-electron chi connectivity index (χ1n) is 6.86. The van der Waals surface area contributed by atoms with Crippen molar-refractivity contribution < 1.29 is 4.74 Å². The molecule has 4 heteroatoms. The van der Waals surface area contributed by atoms with Crippen LogP contribution in [0, 0.1) is 11.3 Å². The highest BCUT2D eigenvalue weighted by Crippen LogP contribution is 2.28. The molecular weight excluding hydrogens is 262 g/mol. The maximum Gasteiger partial charge on any atom is 0.123 e. The van der Waals surface area contributed by atoms with Gasteiger partial charge in [-0.15, -0.1) is 0 Å². The summed E-state index contributed by atoms with van der Waals surface area (Å²) in [5, 5.41) is 9.04. The van der Waals surface area contributed by atoms with Gasteiger partial charge in [-0.25, -0.2) is 0 Å². The van der Waals surface area contributed by atoms with Crippen LogP contribution in [0.25, 0.3) is 0 Å². The number of hydrogen-bond donors (Lipinski definition) is 1. The van der Waals surface area contributed by atoms with Crippen molar-refractivity contribution in [3.63, 3.8) is 0 Å². The average Bonchev–Trinajstić information content (AvgIpc) is 2.88. The van der Waals surface area contributed by atoms with Crippen LogP contribution < -0.4 is 10.5 Å². The molecule has 1 heterocycles. The van der Waals surface area contributed by atoms with E-state index in [0.717, 1.165) is 36.6 Å². The Kier molecular flexibility index (Phi) is 3.51. The van der Waals surface area contributed by atoms with Gasteiger partial charge in [0.05, 0.1) is 18.7 Å². The Balaban J connectivity index is 1.81. The molecule has 3 rings (SSSR count). The van der Waals surface area contributed by atoms with Crippen molar-refractivity contribution in [3.05, 3.63) is 58.7 Å². The largest absolute Gasteiger partial charge is 0.496 e. The van der Waals surface area contributed by atoms with E-state index in [-0.39, 0.29) is 0 Å². The summed E-state index contributed by atoms with van der Waals surface area (Å²) in [6, 6.07) is 13.8. The Labute approximate surface area is 124 Å². The minimum absolute atomic E-state index is 0.659. The molecule has 0 spiro atoms. The lowest BCUT2D eigenvalue weighted by atomic mass is 10.1. The zero-order valence-corrected chi connectivity index (χ0v) is 12.0. The van der Waals surface area contributed by atoms with Crippen LogP contribution >= 0.6 is 0 Å². The molecule has 106 valence electrons. The van der Waals surface area contributed by atoms with Crippen LogP contribution in [0.1, 0.15) is 22.3 Å². The van der Waals surface area contributed by atoms with Crippen molar-refractivity contribution in [2.24, 2.45) is 0 Å². The smallest absolute Gasteiger partial charge is 0.123 e. The van der Waals surface area contributed by atoms with Crippen molar-refractivity contribution in [3.8, 4) is 11.8 Å². The third kappa shape index (κ3) is 2.69. The van der Waals surface area contributed by atoms with E-state index in [2.05, 4.69) is 17.0 Å². The number of nitriles is 1. The maximum atomic E-state index is 9.04. The number of benzene rings is 2. The fraction of sp³-hybridized carbons (Fsp3) is 0.235. The number of methoxy groups -OCH3 is 1. The Morgan fingerprint density at radius 3 is 2.76 bits per heavy atom. The standard InChI is InChI=1S/C17H17N3O/c1-21-17-5-2-12(8-18)6-15(17)11-20-9-13-3-4-16(19)7-14(13)10-20/h2-7H,9-11,19H2,1H3. The number of nitrogen functional groups attached to an aromatic ring is 1. The Morgan fingerprint density at radius 2 is 2.00 bits per heavy atom. The molecule has 0 saturated heterocycles. The van der Waals surface area contributed by atoms with Crippen LogP contribution in [-0.4, -0.2) is 12.0 Å². The van der Waals surface area contributed by atoms with Gasteiger partial charge in [0.15, 0.2) is 0 Å². The molecule has 2 N–H and O–H groups in total. The Bertz CT molecular complexity index is 718. The Morgan fingerprint density at radius 1 is 1.19 bits per heavy atom. The van der Waals surface area contributed by atoms with Gasteiger partial charge in [0.2, 0.25) is 0 Å². The molecular formula is C17H17N3O. The van der Waals surface area contributed by atoms with Crippen LogP contribution in [0.3, 0.4) is 0 Å². The van der Waals surface area contributed by atoms with Crippen LogP contribution in [0.15, 0.2) is 36.4 Å². The molecule has 4 nitrogen and oxygen atoms in total. The number of fused-ring (bicyclic) bond motifs is 1. The zero-order chi connectivity index (χ0) is 14.8. The number of rotatable bonds is 3. The summed E-state index contributed by atoms with van der Waals surface area (Å²) in [6.45, 7) is 2.53. The summed E-state index contributed by atoms with van der Waals surface area (Å²) in [6.07, 6.45) is 0. The second kappa shape index (κ2) is 5.47. The quantitative estimate of drug-likeness (QED) is 0.877. The van der Waals surface area contributed by atoms with E-state index in [1.165, 1.54) is 11.1 Å². The first-order valence-corrected chi connectivity index (χ1v) is 6.86. The van der Waals surface area contributed by atoms with Crippen molar-refractivity contribution >= 4 is 5.69 Å². The van der Waals surface area contributed by atoms with Crippen LogP contribution in [0.4, 0.5) is 5.69 Å². The summed E-state index contributed by atoms with van der Waals surface area (Å²) >= 11 is 0. The van der Waals surface area contributed by atoms with E-state index < -0.39 is 0 Å². The van der Waals surface area contributed by atoms with Gasteiger partial charge in [-0.1, -0.05) is 6.07 Å². The summed E-state index contributed by atoms with van der Waals surface area (Å²) in [7, 11) is 1.66. The van der Waals surface area contributed by atoms with Crippen molar-refractivity contribution in [1.82, 2.24) is 4.90 Å². The summed E-state index contributed by atoms with van der Waals surface area (Å²) in [4.78, 5) is 2.32. The van der Waals surface area contributed by atoms with Gasteiger partial charge >= 0.3 is 0 Å². The number of nitrogens with zero attached hydrogens (tertiary/aromatic N) is 2. The monoisotopic (exact) mass is 279 g/mol. The second-order valence-electron chi connectivity index (χ2n) is 5.31. The van der Waals surface area contributed by atoms with Gasteiger partial charge < -0.3 is 10.5 Å². The molecule has 1 aliphatic rings. The topological polar surface area (TPSA) is 62.3 Å². The van der Waals surface area contributed by atoms with E-state index in [1.807, 2.05) is 24.3 Å². The molecule has 1 aliphatic heterocycles. The molecule has 0 bridgehead atoms. The highest BCUT2D eigenvalue weighted by atomic mass is 16.5. The lowest BCUT2D eigenvalue weighted by Gasteiger charge is -2.17. The first-order chi connectivity index (χ1) is 10.2. The molecule has 0 fully saturated rings. The molecule has 0 radical (unpaired) electrons. The second-order valence-corrected chi connectivity index (χ2v) is 5.31.